The number of fused-ring (bicyclic) bond motifs is 6. The van der Waals surface area contributed by atoms with Crippen molar-refractivity contribution in [3.05, 3.63) is 29.3 Å². The summed E-state index contributed by atoms with van der Waals surface area (Å²) in [7, 11) is 0. The molecule has 3 heteroatoms. The Morgan fingerprint density at radius 1 is 1.30 bits per heavy atom. The second kappa shape index (κ2) is 4.05. The van der Waals surface area contributed by atoms with Crippen molar-refractivity contribution in [1.29, 1.82) is 0 Å². The fourth-order valence-electron chi connectivity index (χ4n) is 5.03. The van der Waals surface area contributed by atoms with Crippen molar-refractivity contribution in [2.24, 2.45) is 23.7 Å². The maximum Gasteiger partial charge on any atom is 0.0809 e. The first-order valence-corrected chi connectivity index (χ1v) is 8.78. The highest BCUT2D eigenvalue weighted by molar-refractivity contribution is 7.17. The van der Waals surface area contributed by atoms with Crippen molar-refractivity contribution in [2.75, 3.05) is 0 Å². The van der Waals surface area contributed by atoms with E-state index in [2.05, 4.69) is 40.9 Å². The largest absolute Gasteiger partial charge is 0.307 e. The van der Waals surface area contributed by atoms with Crippen molar-refractivity contribution in [2.45, 2.75) is 38.3 Å². The molecule has 3 aliphatic carbocycles. The molecule has 0 aliphatic heterocycles. The number of pyridine rings is 1. The summed E-state index contributed by atoms with van der Waals surface area (Å²) >= 11 is 1.79. The maximum atomic E-state index is 4.57. The van der Waals surface area contributed by atoms with Crippen LogP contribution in [0.25, 0.3) is 10.2 Å². The molecule has 0 radical (unpaired) electrons. The summed E-state index contributed by atoms with van der Waals surface area (Å²) in [5, 5.41) is 6.02. The van der Waals surface area contributed by atoms with Gasteiger partial charge in [-0.15, -0.1) is 11.3 Å². The Hall–Kier alpha value is -0.930. The van der Waals surface area contributed by atoms with Crippen molar-refractivity contribution in [1.82, 2.24) is 10.3 Å². The number of nitrogens with one attached hydrogen (secondary N) is 1. The molecular formula is C17H20N2S. The first-order chi connectivity index (χ1) is 9.81. The topological polar surface area (TPSA) is 24.9 Å². The van der Waals surface area contributed by atoms with Crippen molar-refractivity contribution < 1.29 is 0 Å². The fraction of sp³-hybridized carbons (Fsp3) is 0.588. The average Bonchev–Trinajstić information content (AvgIpc) is 2.92. The van der Waals surface area contributed by atoms with Crippen molar-refractivity contribution >= 4 is 21.6 Å². The van der Waals surface area contributed by atoms with Crippen LogP contribution in [-0.4, -0.2) is 11.0 Å². The van der Waals surface area contributed by atoms with Crippen LogP contribution in [0.4, 0.5) is 0 Å². The van der Waals surface area contributed by atoms with E-state index in [9.17, 15) is 0 Å². The van der Waals surface area contributed by atoms with E-state index < -0.39 is 0 Å². The molecule has 1 N–H and O–H groups in total. The number of hydrogen-bond acceptors (Lipinski definition) is 3. The summed E-state index contributed by atoms with van der Waals surface area (Å²) in [4.78, 5) is 4.57. The summed E-state index contributed by atoms with van der Waals surface area (Å²) in [5.74, 6) is 4.12. The monoisotopic (exact) mass is 284 g/mol. The zero-order chi connectivity index (χ0) is 13.3. The summed E-state index contributed by atoms with van der Waals surface area (Å²) < 4.78 is 1.31. The second-order valence-electron chi connectivity index (χ2n) is 6.97. The molecule has 3 fully saturated rings. The van der Waals surface area contributed by atoms with Gasteiger partial charge >= 0.3 is 0 Å². The summed E-state index contributed by atoms with van der Waals surface area (Å²) in [6, 6.07) is 5.65. The molecule has 3 aliphatic rings. The highest BCUT2D eigenvalue weighted by atomic mass is 32.1. The number of nitrogens with zero attached hydrogens (tertiary/aromatic N) is 1. The minimum atomic E-state index is 0.434. The lowest BCUT2D eigenvalue weighted by molar-refractivity contribution is 0.433. The van der Waals surface area contributed by atoms with E-state index >= 15 is 0 Å². The predicted molar refractivity (Wildman–Crippen MR) is 82.8 cm³/mol. The molecule has 5 atom stereocenters. The zero-order valence-electron chi connectivity index (χ0n) is 11.8. The highest BCUT2D eigenvalue weighted by Gasteiger charge is 2.64. The maximum absolute atomic E-state index is 4.57. The van der Waals surface area contributed by atoms with Gasteiger partial charge in [-0.2, -0.15) is 0 Å². The lowest BCUT2D eigenvalue weighted by Crippen LogP contribution is -2.26. The molecular weight excluding hydrogens is 264 g/mol. The molecule has 0 amide bonds. The lowest BCUT2D eigenvalue weighted by Gasteiger charge is -2.17. The second-order valence-corrected chi connectivity index (χ2v) is 7.92. The van der Waals surface area contributed by atoms with Crippen molar-refractivity contribution in [3.8, 4) is 0 Å². The molecule has 0 spiro atoms. The Bertz CT molecular complexity index is 648. The Morgan fingerprint density at radius 3 is 2.90 bits per heavy atom. The van der Waals surface area contributed by atoms with Gasteiger partial charge < -0.3 is 5.32 Å². The van der Waals surface area contributed by atoms with Gasteiger partial charge in [-0.25, -0.2) is 0 Å². The van der Waals surface area contributed by atoms with Gasteiger partial charge in [0, 0.05) is 18.3 Å². The van der Waals surface area contributed by atoms with Crippen LogP contribution < -0.4 is 5.32 Å². The van der Waals surface area contributed by atoms with E-state index in [1.54, 1.807) is 11.3 Å². The molecule has 0 saturated heterocycles. The first-order valence-electron chi connectivity index (χ1n) is 7.90. The van der Waals surface area contributed by atoms with E-state index in [4.69, 9.17) is 0 Å². The van der Waals surface area contributed by atoms with Gasteiger partial charge in [-0.1, -0.05) is 0 Å². The van der Waals surface area contributed by atoms with Crippen LogP contribution in [0.1, 0.15) is 37.8 Å². The number of rotatable bonds is 3. The van der Waals surface area contributed by atoms with E-state index in [-0.39, 0.29) is 0 Å². The predicted octanol–water partition coefficient (Wildman–Crippen LogP) is 3.99. The number of aromatic nitrogens is 1. The molecule has 20 heavy (non-hydrogen) atoms. The minimum absolute atomic E-state index is 0.434. The Kier molecular flexibility index (Phi) is 2.37. The molecule has 2 aromatic heterocycles. The minimum Gasteiger partial charge on any atom is -0.307 e. The van der Waals surface area contributed by atoms with Crippen LogP contribution in [0.2, 0.25) is 0 Å². The number of thiophene rings is 1. The normalized spacial score (nSPS) is 39.1. The van der Waals surface area contributed by atoms with Gasteiger partial charge in [0.1, 0.15) is 0 Å². The highest BCUT2D eigenvalue weighted by Crippen LogP contribution is 2.65. The van der Waals surface area contributed by atoms with Crippen LogP contribution in [-0.2, 0) is 0 Å². The zero-order valence-corrected chi connectivity index (χ0v) is 12.6. The van der Waals surface area contributed by atoms with Gasteiger partial charge in [0.25, 0.3) is 0 Å². The van der Waals surface area contributed by atoms with E-state index in [1.807, 2.05) is 0 Å². The SMILES string of the molecule is CC(NC1C2C3CCC(C3)C12)c1cnc2ccsc2c1. The third-order valence-corrected chi connectivity index (χ3v) is 6.85. The van der Waals surface area contributed by atoms with Crippen molar-refractivity contribution in [3.63, 3.8) is 0 Å². The van der Waals surface area contributed by atoms with E-state index in [0.717, 1.165) is 35.2 Å². The average molecular weight is 284 g/mol. The molecule has 5 rings (SSSR count). The fourth-order valence-corrected chi connectivity index (χ4v) is 5.82. The molecule has 3 saturated carbocycles. The van der Waals surface area contributed by atoms with Gasteiger partial charge in [0.15, 0.2) is 0 Å². The molecule has 5 unspecified atom stereocenters. The lowest BCUT2D eigenvalue weighted by atomic mass is 10.0. The van der Waals surface area contributed by atoms with Crippen LogP contribution >= 0.6 is 11.3 Å². The van der Waals surface area contributed by atoms with Crippen LogP contribution in [0.5, 0.6) is 0 Å². The Morgan fingerprint density at radius 2 is 2.10 bits per heavy atom. The summed E-state index contributed by atoms with van der Waals surface area (Å²) in [6.45, 7) is 2.30. The molecule has 2 aromatic rings. The van der Waals surface area contributed by atoms with Gasteiger partial charge in [0.05, 0.1) is 10.2 Å². The van der Waals surface area contributed by atoms with Gasteiger partial charge in [-0.05, 0) is 72.9 Å². The first kappa shape index (κ1) is 11.7. The number of hydrogen-bond donors (Lipinski definition) is 1. The Balaban J connectivity index is 1.34. The van der Waals surface area contributed by atoms with Gasteiger partial charge in [0.2, 0.25) is 0 Å². The van der Waals surface area contributed by atoms with Crippen LogP contribution in [0.3, 0.4) is 0 Å². The summed E-state index contributed by atoms with van der Waals surface area (Å²) in [6.07, 6.45) is 6.59. The molecule has 2 nitrogen and oxygen atoms in total. The van der Waals surface area contributed by atoms with Crippen LogP contribution in [0, 0.1) is 23.7 Å². The standard InChI is InChI=1S/C17H20N2S/c1-9(12-7-14-13(18-8-12)4-5-20-14)19-17-15-10-2-3-11(6-10)16(15)17/h4-5,7-11,15-17,19H,2-3,6H2,1H3. The van der Waals surface area contributed by atoms with E-state index in [1.165, 1.54) is 29.5 Å². The third kappa shape index (κ3) is 1.57. The molecule has 2 bridgehead atoms. The van der Waals surface area contributed by atoms with Crippen LogP contribution in [0.15, 0.2) is 23.7 Å². The molecule has 2 heterocycles. The molecule has 104 valence electrons. The quantitative estimate of drug-likeness (QED) is 0.921. The third-order valence-electron chi connectivity index (χ3n) is 6.00. The smallest absolute Gasteiger partial charge is 0.0809 e. The summed E-state index contributed by atoms with van der Waals surface area (Å²) in [5.41, 5.74) is 2.48. The molecule has 0 aromatic carbocycles. The Labute approximate surface area is 123 Å². The van der Waals surface area contributed by atoms with E-state index in [0.29, 0.717) is 6.04 Å². The van der Waals surface area contributed by atoms with Gasteiger partial charge in [-0.3, -0.25) is 4.98 Å².